The maximum atomic E-state index is 11.3. The van der Waals surface area contributed by atoms with Crippen LogP contribution in [0.1, 0.15) is 20.7 Å². The predicted octanol–water partition coefficient (Wildman–Crippen LogP) is 2.17. The van der Waals surface area contributed by atoms with E-state index in [4.69, 9.17) is 0 Å². The Morgan fingerprint density at radius 1 is 1.13 bits per heavy atom. The second kappa shape index (κ2) is 3.61. The number of isothiocyanates is 1. The Hall–Kier alpha value is -2.04. The smallest absolute Gasteiger partial charge is 0.265 e. The molecular weight excluding hydrogens is 214 g/mol. The lowest BCUT2D eigenvalue weighted by Gasteiger charge is -2.06. The van der Waals surface area contributed by atoms with Crippen molar-refractivity contribution in [2.75, 3.05) is 0 Å². The van der Waals surface area contributed by atoms with E-state index in [1.54, 1.807) is 6.07 Å². The summed E-state index contributed by atoms with van der Waals surface area (Å²) in [6, 6.07) is 4.47. The molecule has 1 heterocycles. The number of rotatable bonds is 1. The van der Waals surface area contributed by atoms with Gasteiger partial charge < -0.3 is 0 Å². The Labute approximate surface area is 89.5 Å². The molecule has 0 unspecified atom stereocenters. The molecule has 0 saturated carbocycles. The number of hydrogen-bond acceptors (Lipinski definition) is 4. The van der Waals surface area contributed by atoms with E-state index in [1.807, 2.05) is 0 Å². The zero-order chi connectivity index (χ0) is 10.8. The van der Waals surface area contributed by atoms with Crippen LogP contribution in [0.5, 0.6) is 0 Å². The van der Waals surface area contributed by atoms with E-state index in [0.717, 1.165) is 0 Å². The number of fused-ring (bicyclic) bond motifs is 1. The molecular formula is C9H3N3O2S. The van der Waals surface area contributed by atoms with Crippen molar-refractivity contribution in [2.45, 2.75) is 0 Å². The molecule has 0 spiro atoms. The Bertz CT molecular complexity index is 544. The van der Waals surface area contributed by atoms with Crippen molar-refractivity contribution in [2.24, 2.45) is 15.2 Å². The maximum Gasteiger partial charge on any atom is 0.296 e. The van der Waals surface area contributed by atoms with Gasteiger partial charge in [0.2, 0.25) is 0 Å². The summed E-state index contributed by atoms with van der Waals surface area (Å²) in [5.41, 5.74) is 0.891. The van der Waals surface area contributed by atoms with E-state index in [-0.39, 0.29) is 11.1 Å². The molecule has 0 aliphatic carbocycles. The van der Waals surface area contributed by atoms with E-state index < -0.39 is 11.8 Å². The minimum Gasteiger partial charge on any atom is -0.265 e. The molecule has 0 saturated heterocycles. The molecule has 1 aromatic carbocycles. The molecule has 5 nitrogen and oxygen atoms in total. The van der Waals surface area contributed by atoms with Gasteiger partial charge in [-0.1, -0.05) is 0 Å². The van der Waals surface area contributed by atoms with E-state index in [1.165, 1.54) is 12.1 Å². The topological polar surface area (TPSA) is 71.2 Å². The van der Waals surface area contributed by atoms with Crippen LogP contribution in [0.3, 0.4) is 0 Å². The van der Waals surface area contributed by atoms with Crippen molar-refractivity contribution in [3.8, 4) is 0 Å². The largest absolute Gasteiger partial charge is 0.296 e. The Kier molecular flexibility index (Phi) is 2.29. The standard InChI is InChI=1S/C9H3N3O2S/c13-8-6-2-1-5(10-4-15)3-7(6)9(14)12-11-8/h1-3H. The highest BCUT2D eigenvalue weighted by atomic mass is 32.1. The van der Waals surface area contributed by atoms with Crippen molar-refractivity contribution in [3.63, 3.8) is 0 Å². The lowest BCUT2D eigenvalue weighted by Crippen LogP contribution is -2.10. The van der Waals surface area contributed by atoms with Gasteiger partial charge in [-0.2, -0.15) is 4.99 Å². The minimum absolute atomic E-state index is 0.196. The van der Waals surface area contributed by atoms with Crippen molar-refractivity contribution >= 4 is 34.9 Å². The highest BCUT2D eigenvalue weighted by molar-refractivity contribution is 7.78. The van der Waals surface area contributed by atoms with Gasteiger partial charge in [0.1, 0.15) is 0 Å². The summed E-state index contributed by atoms with van der Waals surface area (Å²) in [4.78, 5) is 26.2. The highest BCUT2D eigenvalue weighted by Crippen LogP contribution is 2.22. The molecule has 0 aromatic heterocycles. The van der Waals surface area contributed by atoms with Gasteiger partial charge in [-0.3, -0.25) is 9.59 Å². The molecule has 2 amide bonds. The van der Waals surface area contributed by atoms with E-state index >= 15 is 0 Å². The van der Waals surface area contributed by atoms with E-state index in [0.29, 0.717) is 5.69 Å². The fraction of sp³-hybridized carbons (Fsp3) is 0. The third-order valence-corrected chi connectivity index (χ3v) is 1.96. The summed E-state index contributed by atoms with van der Waals surface area (Å²) in [5.74, 6) is -1.08. The number of amides is 2. The zero-order valence-electron chi connectivity index (χ0n) is 7.30. The number of carbonyl (C=O) groups excluding carboxylic acids is 2. The van der Waals surface area contributed by atoms with Crippen LogP contribution in [0, 0.1) is 0 Å². The van der Waals surface area contributed by atoms with Gasteiger partial charge in [0.15, 0.2) is 0 Å². The number of aliphatic imine (C=N–C) groups is 1. The molecule has 0 bridgehead atoms. The molecule has 1 aromatic rings. The van der Waals surface area contributed by atoms with Gasteiger partial charge in [0, 0.05) is 0 Å². The average molecular weight is 217 g/mol. The first-order valence-electron chi connectivity index (χ1n) is 3.94. The van der Waals surface area contributed by atoms with Gasteiger partial charge in [0.25, 0.3) is 11.8 Å². The van der Waals surface area contributed by atoms with Crippen LogP contribution in [0.2, 0.25) is 0 Å². The van der Waals surface area contributed by atoms with Crippen LogP contribution < -0.4 is 0 Å². The normalized spacial score (nSPS) is 13.3. The van der Waals surface area contributed by atoms with Crippen molar-refractivity contribution in [3.05, 3.63) is 29.3 Å². The number of thiocarbonyl (C=S) groups is 1. The molecule has 0 fully saturated rings. The summed E-state index contributed by atoms with van der Waals surface area (Å²) in [5, 5.41) is 8.57. The number of nitrogens with zero attached hydrogens (tertiary/aromatic N) is 3. The summed E-state index contributed by atoms with van der Waals surface area (Å²) in [7, 11) is 0. The lowest BCUT2D eigenvalue weighted by molar-refractivity contribution is 0.0921. The first kappa shape index (κ1) is 9.51. The predicted molar refractivity (Wildman–Crippen MR) is 54.6 cm³/mol. The van der Waals surface area contributed by atoms with Gasteiger partial charge in [-0.15, -0.1) is 10.2 Å². The summed E-state index contributed by atoms with van der Waals surface area (Å²) < 4.78 is 0. The Morgan fingerprint density at radius 2 is 1.80 bits per heavy atom. The van der Waals surface area contributed by atoms with Crippen LogP contribution in [0.25, 0.3) is 0 Å². The summed E-state index contributed by atoms with van der Waals surface area (Å²) in [6.07, 6.45) is 0. The molecule has 72 valence electrons. The summed E-state index contributed by atoms with van der Waals surface area (Å²) in [6.45, 7) is 0. The molecule has 2 rings (SSSR count). The average Bonchev–Trinajstić information content (AvgIpc) is 2.24. The van der Waals surface area contributed by atoms with Crippen molar-refractivity contribution < 1.29 is 9.59 Å². The fourth-order valence-corrected chi connectivity index (χ4v) is 1.32. The maximum absolute atomic E-state index is 11.3. The van der Waals surface area contributed by atoms with Gasteiger partial charge in [-0.25, -0.2) is 0 Å². The van der Waals surface area contributed by atoms with Crippen molar-refractivity contribution in [1.29, 1.82) is 0 Å². The number of hydrogen-bond donors (Lipinski definition) is 0. The monoisotopic (exact) mass is 217 g/mol. The number of azo groups is 1. The number of carbonyl (C=O) groups is 2. The second-order valence-electron chi connectivity index (χ2n) is 2.74. The highest BCUT2D eigenvalue weighted by Gasteiger charge is 2.21. The molecule has 15 heavy (non-hydrogen) atoms. The van der Waals surface area contributed by atoms with Crippen LogP contribution in [-0.4, -0.2) is 17.0 Å². The van der Waals surface area contributed by atoms with Crippen LogP contribution >= 0.6 is 12.2 Å². The molecule has 0 atom stereocenters. The first-order valence-corrected chi connectivity index (χ1v) is 4.35. The van der Waals surface area contributed by atoms with Gasteiger partial charge in [-0.05, 0) is 30.4 Å². The Morgan fingerprint density at radius 3 is 2.47 bits per heavy atom. The van der Waals surface area contributed by atoms with Crippen molar-refractivity contribution in [1.82, 2.24) is 0 Å². The first-order chi connectivity index (χ1) is 7.22. The zero-order valence-corrected chi connectivity index (χ0v) is 8.11. The number of benzene rings is 1. The third-order valence-electron chi connectivity index (χ3n) is 1.87. The van der Waals surface area contributed by atoms with E-state index in [9.17, 15) is 9.59 Å². The molecule has 6 heteroatoms. The quantitative estimate of drug-likeness (QED) is 0.534. The van der Waals surface area contributed by atoms with Crippen LogP contribution in [-0.2, 0) is 0 Å². The summed E-state index contributed by atoms with van der Waals surface area (Å²) >= 11 is 4.43. The molecule has 0 N–H and O–H groups in total. The second-order valence-corrected chi connectivity index (χ2v) is 2.93. The molecule has 1 aliphatic heterocycles. The van der Waals surface area contributed by atoms with Gasteiger partial charge >= 0.3 is 0 Å². The van der Waals surface area contributed by atoms with E-state index in [2.05, 4.69) is 32.6 Å². The minimum atomic E-state index is -0.550. The molecule has 0 radical (unpaired) electrons. The molecule has 1 aliphatic rings. The van der Waals surface area contributed by atoms with Crippen LogP contribution in [0.4, 0.5) is 5.69 Å². The fourth-order valence-electron chi connectivity index (χ4n) is 1.22. The Balaban J connectivity index is 2.63. The SMILES string of the molecule is O=C1N=NC(=O)c2cc(N=C=S)ccc21. The third kappa shape index (κ3) is 1.63. The van der Waals surface area contributed by atoms with Gasteiger partial charge in [0.05, 0.1) is 22.0 Å². The van der Waals surface area contributed by atoms with Crippen LogP contribution in [0.15, 0.2) is 33.4 Å². The lowest BCUT2D eigenvalue weighted by atomic mass is 10.0.